The molecule has 10 heteroatoms. The maximum atomic E-state index is 5.07. The highest BCUT2D eigenvalue weighted by molar-refractivity contribution is 6.22. The molecule has 10 nitrogen and oxygen atoms in total. The number of hydrogen-bond donors (Lipinski definition) is 0. The first-order chi connectivity index (χ1) is 36.7. The highest BCUT2D eigenvalue weighted by atomic mass is 15.0. The van der Waals surface area contributed by atoms with Crippen molar-refractivity contribution in [1.29, 1.82) is 0 Å². The van der Waals surface area contributed by atoms with Gasteiger partial charge in [-0.1, -0.05) is 60.7 Å². The zero-order chi connectivity index (χ0) is 49.0. The molecule has 14 aromatic rings. The molecule has 0 aliphatic heterocycles. The highest BCUT2D eigenvalue weighted by Gasteiger charge is 2.22. The van der Waals surface area contributed by atoms with Crippen molar-refractivity contribution < 1.29 is 0 Å². The molecule has 0 unspecified atom stereocenters. The van der Waals surface area contributed by atoms with Gasteiger partial charge in [0.05, 0.1) is 44.8 Å². The van der Waals surface area contributed by atoms with Crippen LogP contribution in [0.2, 0.25) is 0 Å². The third kappa shape index (κ3) is 7.36. The number of rotatable bonds is 9. The Hall–Kier alpha value is -10.3. The molecule has 0 spiro atoms. The smallest absolute Gasteiger partial charge is 0.160 e. The SMILES string of the molecule is c1ccc2c(c1)c1c(-c3cccc4c3c3ccccc3n4-c3ccc(-c4nc(-c5ccncc5)cc(-c5ccncc5)n4)cc3)cccc1n2-c1ccc(-c2nc(-c3ccncc3)cc(-c3ccncc3)n2)cc1. The van der Waals surface area contributed by atoms with E-state index in [1.54, 1.807) is 49.6 Å². The van der Waals surface area contributed by atoms with E-state index in [9.17, 15) is 0 Å². The fourth-order valence-corrected chi connectivity index (χ4v) is 10.4. The fraction of sp³-hybridized carbons (Fsp3) is 0. The Balaban J connectivity index is 0.873. The summed E-state index contributed by atoms with van der Waals surface area (Å²) in [6.45, 7) is 0. The third-order valence-electron chi connectivity index (χ3n) is 13.8. The van der Waals surface area contributed by atoms with Gasteiger partial charge in [0.15, 0.2) is 11.6 Å². The Morgan fingerprint density at radius 2 is 0.568 bits per heavy atom. The van der Waals surface area contributed by atoms with E-state index in [-0.39, 0.29) is 0 Å². The van der Waals surface area contributed by atoms with Gasteiger partial charge in [0.2, 0.25) is 0 Å². The molecule has 0 aliphatic carbocycles. The van der Waals surface area contributed by atoms with Gasteiger partial charge in [0.25, 0.3) is 0 Å². The lowest BCUT2D eigenvalue weighted by atomic mass is 9.95. The predicted octanol–water partition coefficient (Wildman–Crippen LogP) is 14.7. The highest BCUT2D eigenvalue weighted by Crippen LogP contribution is 2.44. The summed E-state index contributed by atoms with van der Waals surface area (Å²) in [5, 5.41) is 4.74. The molecule has 74 heavy (non-hydrogen) atoms. The average Bonchev–Trinajstić information content (AvgIpc) is 4.02. The quantitative estimate of drug-likeness (QED) is 0.141. The molecule has 6 aromatic carbocycles. The summed E-state index contributed by atoms with van der Waals surface area (Å²) in [7, 11) is 0. The van der Waals surface area contributed by atoms with E-state index < -0.39 is 0 Å². The summed E-state index contributed by atoms with van der Waals surface area (Å²) in [6.07, 6.45) is 14.3. The van der Waals surface area contributed by atoms with Gasteiger partial charge in [0, 0.05) is 116 Å². The number of fused-ring (bicyclic) bond motifs is 6. The number of pyridine rings is 4. The number of aromatic nitrogens is 10. The molecule has 0 saturated carbocycles. The van der Waals surface area contributed by atoms with E-state index in [0.29, 0.717) is 11.6 Å². The van der Waals surface area contributed by atoms with Crippen LogP contribution in [-0.2, 0) is 0 Å². The van der Waals surface area contributed by atoms with Crippen molar-refractivity contribution in [1.82, 2.24) is 49.0 Å². The molecule has 14 rings (SSSR count). The Kier molecular flexibility index (Phi) is 10.2. The van der Waals surface area contributed by atoms with Gasteiger partial charge in [-0.3, -0.25) is 19.9 Å². The van der Waals surface area contributed by atoms with Gasteiger partial charge >= 0.3 is 0 Å². The molecular weight excluding hydrogens is 909 g/mol. The third-order valence-corrected chi connectivity index (χ3v) is 13.8. The maximum absolute atomic E-state index is 5.07. The molecule has 0 amide bonds. The molecular formula is C64H40N10. The Morgan fingerprint density at radius 3 is 0.905 bits per heavy atom. The van der Waals surface area contributed by atoms with Crippen molar-refractivity contribution in [3.63, 3.8) is 0 Å². The molecule has 0 atom stereocenters. The minimum Gasteiger partial charge on any atom is -0.309 e. The van der Waals surface area contributed by atoms with E-state index in [1.165, 1.54) is 32.7 Å². The largest absolute Gasteiger partial charge is 0.309 e. The Labute approximate surface area is 424 Å². The first-order valence-electron chi connectivity index (χ1n) is 24.4. The van der Waals surface area contributed by atoms with Crippen LogP contribution < -0.4 is 0 Å². The maximum Gasteiger partial charge on any atom is 0.160 e. The molecule has 346 valence electrons. The Bertz CT molecular complexity index is 3990. The molecule has 0 saturated heterocycles. The van der Waals surface area contributed by atoms with Crippen molar-refractivity contribution >= 4 is 43.6 Å². The van der Waals surface area contributed by atoms with Crippen molar-refractivity contribution in [2.75, 3.05) is 0 Å². The summed E-state index contributed by atoms with van der Waals surface area (Å²) in [6, 6.07) is 67.8. The van der Waals surface area contributed by atoms with Crippen LogP contribution in [0, 0.1) is 0 Å². The van der Waals surface area contributed by atoms with Gasteiger partial charge in [-0.2, -0.15) is 0 Å². The zero-order valence-corrected chi connectivity index (χ0v) is 39.6. The summed E-state index contributed by atoms with van der Waals surface area (Å²) < 4.78 is 4.74. The standard InChI is InChI=1S/C64H40N10/c1-3-11-57-51(7-1)61-49(9-5-13-59(61)73(57)47-19-15-45(16-20-47)63-69-53(41-23-31-65-32-24-41)39-54(70-63)42-25-33-66-34-26-42)50-10-6-14-60-62(50)52-8-2-4-12-58(52)74(60)48-21-17-46(18-22-48)64-71-55(43-27-35-67-36-28-43)40-56(72-64)44-29-37-68-38-30-44/h1-40H. The van der Waals surface area contributed by atoms with E-state index in [1.807, 2.05) is 60.7 Å². The molecule has 0 aliphatic rings. The van der Waals surface area contributed by atoms with E-state index in [4.69, 9.17) is 19.9 Å². The number of para-hydroxylation sites is 2. The monoisotopic (exact) mass is 948 g/mol. The second-order valence-electron chi connectivity index (χ2n) is 18.1. The number of nitrogens with zero attached hydrogens (tertiary/aromatic N) is 10. The van der Waals surface area contributed by atoms with Crippen LogP contribution in [-0.4, -0.2) is 49.0 Å². The van der Waals surface area contributed by atoms with Crippen LogP contribution in [0.5, 0.6) is 0 Å². The van der Waals surface area contributed by atoms with Crippen LogP contribution in [0.15, 0.2) is 244 Å². The van der Waals surface area contributed by atoms with Crippen molar-refractivity contribution in [2.45, 2.75) is 0 Å². The summed E-state index contributed by atoms with van der Waals surface area (Å²) in [5.74, 6) is 1.28. The van der Waals surface area contributed by atoms with Crippen LogP contribution in [0.1, 0.15) is 0 Å². The van der Waals surface area contributed by atoms with Crippen LogP contribution >= 0.6 is 0 Å². The second kappa shape index (κ2) is 17.8. The molecule has 0 bridgehead atoms. The van der Waals surface area contributed by atoms with Crippen LogP contribution in [0.25, 0.3) is 134 Å². The minimum absolute atomic E-state index is 0.640. The second-order valence-corrected chi connectivity index (χ2v) is 18.1. The van der Waals surface area contributed by atoms with Crippen molar-refractivity contribution in [3.8, 4) is 90.3 Å². The number of benzene rings is 6. The van der Waals surface area contributed by atoms with Gasteiger partial charge in [-0.15, -0.1) is 0 Å². The van der Waals surface area contributed by atoms with E-state index in [0.717, 1.165) is 89.6 Å². The molecule has 8 heterocycles. The summed E-state index contributed by atoms with van der Waals surface area (Å²) >= 11 is 0. The predicted molar refractivity (Wildman–Crippen MR) is 296 cm³/mol. The molecule has 0 fully saturated rings. The lowest BCUT2D eigenvalue weighted by Gasteiger charge is -2.12. The van der Waals surface area contributed by atoms with Crippen molar-refractivity contribution in [2.24, 2.45) is 0 Å². The van der Waals surface area contributed by atoms with Gasteiger partial charge in [-0.05, 0) is 145 Å². The van der Waals surface area contributed by atoms with Gasteiger partial charge < -0.3 is 9.13 Å². The Morgan fingerprint density at radius 1 is 0.257 bits per heavy atom. The molecule has 0 N–H and O–H groups in total. The van der Waals surface area contributed by atoms with Crippen LogP contribution in [0.4, 0.5) is 0 Å². The molecule has 0 radical (unpaired) electrons. The first-order valence-corrected chi connectivity index (χ1v) is 24.4. The summed E-state index contributed by atoms with van der Waals surface area (Å²) in [4.78, 5) is 37.2. The normalized spacial score (nSPS) is 11.5. The minimum atomic E-state index is 0.640. The number of hydrogen-bond acceptors (Lipinski definition) is 8. The lowest BCUT2D eigenvalue weighted by Crippen LogP contribution is -1.97. The van der Waals surface area contributed by atoms with Gasteiger partial charge in [-0.25, -0.2) is 19.9 Å². The molecule has 8 aromatic heterocycles. The topological polar surface area (TPSA) is 113 Å². The lowest BCUT2D eigenvalue weighted by molar-refractivity contribution is 1.16. The van der Waals surface area contributed by atoms with Crippen molar-refractivity contribution in [3.05, 3.63) is 244 Å². The summed E-state index contributed by atoms with van der Waals surface area (Å²) in [5.41, 5.74) is 17.9. The van der Waals surface area contributed by atoms with Gasteiger partial charge in [0.1, 0.15) is 0 Å². The zero-order valence-electron chi connectivity index (χ0n) is 39.6. The first kappa shape index (κ1) is 42.5. The van der Waals surface area contributed by atoms with Crippen LogP contribution in [0.3, 0.4) is 0 Å². The average molecular weight is 949 g/mol. The van der Waals surface area contributed by atoms with E-state index >= 15 is 0 Å². The van der Waals surface area contributed by atoms with E-state index in [2.05, 4.69) is 163 Å². The fourth-order valence-electron chi connectivity index (χ4n) is 10.4.